The van der Waals surface area contributed by atoms with E-state index in [-0.39, 0.29) is 5.54 Å². The van der Waals surface area contributed by atoms with Crippen molar-refractivity contribution in [1.29, 1.82) is 0 Å². The van der Waals surface area contributed by atoms with E-state index in [1.165, 1.54) is 0 Å². The molecule has 2 rings (SSSR count). The van der Waals surface area contributed by atoms with E-state index in [2.05, 4.69) is 47.9 Å². The largest absolute Gasteiger partial charge is 0.377 e. The molecule has 112 valence electrons. The van der Waals surface area contributed by atoms with Gasteiger partial charge in [-0.25, -0.2) is 9.97 Å². The Morgan fingerprint density at radius 2 is 2.05 bits per heavy atom. The number of morpholine rings is 1. The summed E-state index contributed by atoms with van der Waals surface area (Å²) in [6, 6.07) is 0. The van der Waals surface area contributed by atoms with Crippen molar-refractivity contribution in [3.63, 3.8) is 0 Å². The maximum Gasteiger partial charge on any atom is 0.225 e. The zero-order valence-electron chi connectivity index (χ0n) is 13.0. The van der Waals surface area contributed by atoms with Crippen molar-refractivity contribution in [2.75, 3.05) is 31.2 Å². The Morgan fingerprint density at radius 1 is 1.35 bits per heavy atom. The van der Waals surface area contributed by atoms with Crippen LogP contribution in [-0.2, 0) is 11.3 Å². The smallest absolute Gasteiger partial charge is 0.225 e. The van der Waals surface area contributed by atoms with E-state index in [9.17, 15) is 0 Å². The number of aromatic nitrogens is 2. The van der Waals surface area contributed by atoms with E-state index in [1.807, 2.05) is 12.4 Å². The molecule has 0 radical (unpaired) electrons. The van der Waals surface area contributed by atoms with Crippen LogP contribution in [0.3, 0.4) is 0 Å². The van der Waals surface area contributed by atoms with Crippen LogP contribution in [0.4, 0.5) is 5.95 Å². The van der Waals surface area contributed by atoms with Gasteiger partial charge in [-0.1, -0.05) is 13.8 Å². The Morgan fingerprint density at radius 3 is 2.65 bits per heavy atom. The van der Waals surface area contributed by atoms with Gasteiger partial charge in [-0.05, 0) is 26.3 Å². The van der Waals surface area contributed by atoms with Crippen LogP contribution in [0, 0.1) is 5.92 Å². The molecule has 1 aromatic heterocycles. The predicted molar refractivity (Wildman–Crippen MR) is 80.8 cm³/mol. The zero-order chi connectivity index (χ0) is 14.6. The van der Waals surface area contributed by atoms with Gasteiger partial charge in [-0.15, -0.1) is 0 Å². The van der Waals surface area contributed by atoms with E-state index >= 15 is 0 Å². The molecule has 0 unspecified atom stereocenters. The summed E-state index contributed by atoms with van der Waals surface area (Å²) in [7, 11) is 0. The van der Waals surface area contributed by atoms with Gasteiger partial charge >= 0.3 is 0 Å². The first-order valence-electron chi connectivity index (χ1n) is 7.36. The van der Waals surface area contributed by atoms with Gasteiger partial charge in [0.25, 0.3) is 0 Å². The van der Waals surface area contributed by atoms with E-state index < -0.39 is 0 Å². The summed E-state index contributed by atoms with van der Waals surface area (Å²) < 4.78 is 5.53. The Kier molecular flexibility index (Phi) is 4.94. The second kappa shape index (κ2) is 6.50. The maximum absolute atomic E-state index is 5.53. The SMILES string of the molecule is CC(C)CNCc1cnc(N2CCOCC2(C)C)nc1. The Hall–Kier alpha value is -1.20. The molecule has 1 aromatic rings. The fourth-order valence-electron chi connectivity index (χ4n) is 2.31. The number of ether oxygens (including phenoxy) is 1. The molecule has 1 aliphatic rings. The molecule has 1 saturated heterocycles. The lowest BCUT2D eigenvalue weighted by atomic mass is 10.0. The molecule has 0 aliphatic carbocycles. The van der Waals surface area contributed by atoms with E-state index in [1.54, 1.807) is 0 Å². The first-order valence-corrected chi connectivity index (χ1v) is 7.36. The number of rotatable bonds is 5. The maximum atomic E-state index is 5.53. The van der Waals surface area contributed by atoms with Crippen molar-refractivity contribution in [2.24, 2.45) is 5.92 Å². The van der Waals surface area contributed by atoms with Crippen molar-refractivity contribution in [2.45, 2.75) is 39.8 Å². The number of nitrogens with one attached hydrogen (secondary N) is 1. The molecular formula is C15H26N4O. The predicted octanol–water partition coefficient (Wildman–Crippen LogP) is 1.84. The summed E-state index contributed by atoms with van der Waals surface area (Å²) in [6.45, 7) is 12.9. The molecule has 5 nitrogen and oxygen atoms in total. The van der Waals surface area contributed by atoms with Crippen LogP contribution in [0.2, 0.25) is 0 Å². The van der Waals surface area contributed by atoms with Crippen LogP contribution in [0.1, 0.15) is 33.3 Å². The van der Waals surface area contributed by atoms with Gasteiger partial charge in [0.15, 0.2) is 0 Å². The van der Waals surface area contributed by atoms with Crippen LogP contribution in [0.5, 0.6) is 0 Å². The van der Waals surface area contributed by atoms with Crippen LogP contribution >= 0.6 is 0 Å². The van der Waals surface area contributed by atoms with Gasteiger partial charge in [0, 0.05) is 31.0 Å². The average molecular weight is 278 g/mol. The Labute approximate surface area is 121 Å². The molecule has 0 aromatic carbocycles. The van der Waals surface area contributed by atoms with E-state index in [0.29, 0.717) is 12.5 Å². The number of nitrogens with zero attached hydrogens (tertiary/aromatic N) is 3. The quantitative estimate of drug-likeness (QED) is 0.890. The lowest BCUT2D eigenvalue weighted by Gasteiger charge is -2.42. The molecular weight excluding hydrogens is 252 g/mol. The second-order valence-electron chi connectivity index (χ2n) is 6.43. The van der Waals surface area contributed by atoms with Gasteiger partial charge in [-0.2, -0.15) is 0 Å². The highest BCUT2D eigenvalue weighted by atomic mass is 16.5. The Balaban J connectivity index is 1.97. The third-order valence-electron chi connectivity index (χ3n) is 3.46. The van der Waals surface area contributed by atoms with Gasteiger partial charge in [0.05, 0.1) is 18.8 Å². The van der Waals surface area contributed by atoms with Crippen LogP contribution < -0.4 is 10.2 Å². The molecule has 0 spiro atoms. The first kappa shape index (κ1) is 15.2. The lowest BCUT2D eigenvalue weighted by Crippen LogP contribution is -2.53. The monoisotopic (exact) mass is 278 g/mol. The van der Waals surface area contributed by atoms with Crippen molar-refractivity contribution >= 4 is 5.95 Å². The molecule has 0 atom stereocenters. The topological polar surface area (TPSA) is 50.3 Å². The van der Waals surface area contributed by atoms with E-state index in [0.717, 1.165) is 37.8 Å². The van der Waals surface area contributed by atoms with Crippen molar-refractivity contribution < 1.29 is 4.74 Å². The van der Waals surface area contributed by atoms with E-state index in [4.69, 9.17) is 4.74 Å². The minimum Gasteiger partial charge on any atom is -0.377 e. The molecule has 0 amide bonds. The lowest BCUT2D eigenvalue weighted by molar-refractivity contribution is 0.0634. The summed E-state index contributed by atoms with van der Waals surface area (Å²) >= 11 is 0. The minimum absolute atomic E-state index is 0.0460. The average Bonchev–Trinajstić information content (AvgIpc) is 2.39. The highest BCUT2D eigenvalue weighted by molar-refractivity contribution is 5.35. The summed E-state index contributed by atoms with van der Waals surface area (Å²) in [5.41, 5.74) is 1.08. The third kappa shape index (κ3) is 3.90. The van der Waals surface area contributed by atoms with Crippen molar-refractivity contribution in [1.82, 2.24) is 15.3 Å². The van der Waals surface area contributed by atoms with Crippen LogP contribution in [-0.4, -0.2) is 41.8 Å². The molecule has 1 N–H and O–H groups in total. The molecule has 5 heteroatoms. The fourth-order valence-corrected chi connectivity index (χ4v) is 2.31. The van der Waals surface area contributed by atoms with Gasteiger partial charge in [-0.3, -0.25) is 0 Å². The third-order valence-corrected chi connectivity index (χ3v) is 3.46. The molecule has 20 heavy (non-hydrogen) atoms. The van der Waals surface area contributed by atoms with Crippen molar-refractivity contribution in [3.05, 3.63) is 18.0 Å². The van der Waals surface area contributed by atoms with Crippen LogP contribution in [0.25, 0.3) is 0 Å². The fraction of sp³-hybridized carbons (Fsp3) is 0.733. The minimum atomic E-state index is -0.0460. The van der Waals surface area contributed by atoms with Gasteiger partial charge < -0.3 is 15.0 Å². The number of hydrogen-bond acceptors (Lipinski definition) is 5. The highest BCUT2D eigenvalue weighted by Gasteiger charge is 2.32. The molecule has 2 heterocycles. The number of anilines is 1. The molecule has 0 saturated carbocycles. The standard InChI is InChI=1S/C15H26N4O/c1-12(2)7-16-8-13-9-17-14(18-10-13)19-5-6-20-11-15(19,3)4/h9-10,12,16H,5-8,11H2,1-4H3. The zero-order valence-corrected chi connectivity index (χ0v) is 13.0. The Bertz CT molecular complexity index is 416. The van der Waals surface area contributed by atoms with Crippen LogP contribution in [0.15, 0.2) is 12.4 Å². The summed E-state index contributed by atoms with van der Waals surface area (Å²) in [5.74, 6) is 1.45. The molecule has 1 fully saturated rings. The second-order valence-corrected chi connectivity index (χ2v) is 6.43. The summed E-state index contributed by atoms with van der Waals surface area (Å²) in [5, 5.41) is 3.40. The molecule has 0 bridgehead atoms. The summed E-state index contributed by atoms with van der Waals surface area (Å²) in [4.78, 5) is 11.3. The molecule has 1 aliphatic heterocycles. The summed E-state index contributed by atoms with van der Waals surface area (Å²) in [6.07, 6.45) is 3.84. The first-order chi connectivity index (χ1) is 9.49. The number of hydrogen-bond donors (Lipinski definition) is 1. The normalized spacial score (nSPS) is 18.6. The van der Waals surface area contributed by atoms with Gasteiger partial charge in [0.2, 0.25) is 5.95 Å². The van der Waals surface area contributed by atoms with Gasteiger partial charge in [0.1, 0.15) is 0 Å². The van der Waals surface area contributed by atoms with Crippen molar-refractivity contribution in [3.8, 4) is 0 Å². The highest BCUT2D eigenvalue weighted by Crippen LogP contribution is 2.23.